The second-order valence-corrected chi connectivity index (χ2v) is 4.06. The van der Waals surface area contributed by atoms with Crippen LogP contribution >= 0.6 is 0 Å². The topological polar surface area (TPSA) is 33.7 Å². The third-order valence-electron chi connectivity index (χ3n) is 2.94. The second kappa shape index (κ2) is 8.05. The molecule has 0 atom stereocenters. The Morgan fingerprint density at radius 1 is 1.13 bits per heavy atom. The maximum absolute atomic E-state index is 5.08. The van der Waals surface area contributed by atoms with E-state index in [2.05, 4.69) is 10.2 Å². The van der Waals surface area contributed by atoms with Crippen LogP contribution in [0.4, 0.5) is 0 Å². The standard InChI is InChI=1S/C11H24N2O2/c1-14-9-5-12-11-3-6-13(7-4-11)8-10-15-2/h11-12H,3-10H2,1-2H3. The van der Waals surface area contributed by atoms with E-state index < -0.39 is 0 Å². The molecule has 0 aromatic carbocycles. The molecule has 1 rings (SSSR count). The molecule has 0 amide bonds. The van der Waals surface area contributed by atoms with E-state index in [0.717, 1.165) is 26.3 Å². The highest BCUT2D eigenvalue weighted by Crippen LogP contribution is 2.09. The molecule has 0 saturated carbocycles. The van der Waals surface area contributed by atoms with Gasteiger partial charge in [0.1, 0.15) is 0 Å². The predicted molar refractivity (Wildman–Crippen MR) is 61.2 cm³/mol. The van der Waals surface area contributed by atoms with Crippen LogP contribution in [0.25, 0.3) is 0 Å². The fourth-order valence-corrected chi connectivity index (χ4v) is 1.95. The van der Waals surface area contributed by atoms with Gasteiger partial charge in [0, 0.05) is 33.4 Å². The Morgan fingerprint density at radius 2 is 1.80 bits per heavy atom. The van der Waals surface area contributed by atoms with Crippen LogP contribution in [-0.4, -0.2) is 64.6 Å². The van der Waals surface area contributed by atoms with E-state index in [0.29, 0.717) is 6.04 Å². The molecular formula is C11H24N2O2. The number of nitrogens with zero attached hydrogens (tertiary/aromatic N) is 1. The molecule has 1 saturated heterocycles. The van der Waals surface area contributed by atoms with E-state index in [4.69, 9.17) is 9.47 Å². The highest BCUT2D eigenvalue weighted by atomic mass is 16.5. The summed E-state index contributed by atoms with van der Waals surface area (Å²) in [6.45, 7) is 6.08. The molecule has 0 aliphatic carbocycles. The molecule has 0 radical (unpaired) electrons. The van der Waals surface area contributed by atoms with Gasteiger partial charge in [-0.3, -0.25) is 0 Å². The number of rotatable bonds is 7. The average molecular weight is 216 g/mol. The number of piperidine rings is 1. The van der Waals surface area contributed by atoms with Crippen LogP contribution in [0.3, 0.4) is 0 Å². The lowest BCUT2D eigenvalue weighted by atomic mass is 10.1. The highest BCUT2D eigenvalue weighted by Gasteiger charge is 2.17. The van der Waals surface area contributed by atoms with Gasteiger partial charge in [-0.2, -0.15) is 0 Å². The molecule has 15 heavy (non-hydrogen) atoms. The SMILES string of the molecule is COCCNC1CCN(CCOC)CC1. The fraction of sp³-hybridized carbons (Fsp3) is 1.00. The largest absolute Gasteiger partial charge is 0.383 e. The lowest BCUT2D eigenvalue weighted by Crippen LogP contribution is -2.44. The van der Waals surface area contributed by atoms with Gasteiger partial charge in [-0.05, 0) is 25.9 Å². The predicted octanol–water partition coefficient (Wildman–Crippen LogP) is 0.333. The van der Waals surface area contributed by atoms with Crippen LogP contribution in [0.1, 0.15) is 12.8 Å². The van der Waals surface area contributed by atoms with Crippen molar-refractivity contribution < 1.29 is 9.47 Å². The molecule has 4 heteroatoms. The van der Waals surface area contributed by atoms with Crippen LogP contribution in [0.2, 0.25) is 0 Å². The number of likely N-dealkylation sites (tertiary alicyclic amines) is 1. The van der Waals surface area contributed by atoms with Gasteiger partial charge in [0.05, 0.1) is 13.2 Å². The minimum atomic E-state index is 0.680. The molecule has 0 aromatic heterocycles. The zero-order valence-electron chi connectivity index (χ0n) is 10.00. The van der Waals surface area contributed by atoms with Gasteiger partial charge in [-0.1, -0.05) is 0 Å². The van der Waals surface area contributed by atoms with Gasteiger partial charge >= 0.3 is 0 Å². The van der Waals surface area contributed by atoms with Gasteiger partial charge in [-0.15, -0.1) is 0 Å². The third-order valence-corrected chi connectivity index (χ3v) is 2.94. The first kappa shape index (κ1) is 12.9. The molecular weight excluding hydrogens is 192 g/mol. The van der Waals surface area contributed by atoms with Gasteiger partial charge in [0.25, 0.3) is 0 Å². The van der Waals surface area contributed by atoms with Crippen molar-refractivity contribution in [2.75, 3.05) is 53.6 Å². The molecule has 90 valence electrons. The summed E-state index contributed by atoms with van der Waals surface area (Å²) >= 11 is 0. The summed E-state index contributed by atoms with van der Waals surface area (Å²) in [4.78, 5) is 2.47. The molecule has 0 spiro atoms. The fourth-order valence-electron chi connectivity index (χ4n) is 1.95. The van der Waals surface area contributed by atoms with Crippen LogP contribution in [-0.2, 0) is 9.47 Å². The monoisotopic (exact) mass is 216 g/mol. The molecule has 1 heterocycles. The van der Waals surface area contributed by atoms with Gasteiger partial charge in [0.2, 0.25) is 0 Å². The Labute approximate surface area is 92.9 Å². The van der Waals surface area contributed by atoms with E-state index in [1.807, 2.05) is 0 Å². The van der Waals surface area contributed by atoms with Crippen molar-refractivity contribution >= 4 is 0 Å². The minimum absolute atomic E-state index is 0.680. The van der Waals surface area contributed by atoms with E-state index in [1.54, 1.807) is 14.2 Å². The van der Waals surface area contributed by atoms with Crippen molar-refractivity contribution in [2.45, 2.75) is 18.9 Å². The van der Waals surface area contributed by atoms with Crippen molar-refractivity contribution in [2.24, 2.45) is 0 Å². The van der Waals surface area contributed by atoms with Crippen molar-refractivity contribution in [3.05, 3.63) is 0 Å². The number of methoxy groups -OCH3 is 2. The highest BCUT2D eigenvalue weighted by molar-refractivity contribution is 4.76. The lowest BCUT2D eigenvalue weighted by Gasteiger charge is -2.32. The van der Waals surface area contributed by atoms with Crippen LogP contribution < -0.4 is 5.32 Å². The Kier molecular flexibility index (Phi) is 6.92. The summed E-state index contributed by atoms with van der Waals surface area (Å²) < 4.78 is 10.1. The van der Waals surface area contributed by atoms with E-state index in [9.17, 15) is 0 Å². The Hall–Kier alpha value is -0.160. The smallest absolute Gasteiger partial charge is 0.0589 e. The van der Waals surface area contributed by atoms with Gasteiger partial charge < -0.3 is 19.7 Å². The van der Waals surface area contributed by atoms with Crippen molar-refractivity contribution in [1.29, 1.82) is 0 Å². The Bertz CT molecular complexity index is 148. The molecule has 1 N–H and O–H groups in total. The van der Waals surface area contributed by atoms with E-state index >= 15 is 0 Å². The summed E-state index contributed by atoms with van der Waals surface area (Å²) in [5.74, 6) is 0. The maximum Gasteiger partial charge on any atom is 0.0589 e. The van der Waals surface area contributed by atoms with Crippen LogP contribution in [0, 0.1) is 0 Å². The first-order chi connectivity index (χ1) is 7.36. The normalized spacial score (nSPS) is 19.6. The Balaban J connectivity index is 2.02. The number of ether oxygens (including phenoxy) is 2. The summed E-state index contributed by atoms with van der Waals surface area (Å²) in [7, 11) is 3.51. The number of nitrogens with one attached hydrogen (secondary N) is 1. The molecule has 1 aliphatic heterocycles. The lowest BCUT2D eigenvalue weighted by molar-refractivity contribution is 0.123. The van der Waals surface area contributed by atoms with Crippen molar-refractivity contribution in [3.8, 4) is 0 Å². The average Bonchev–Trinajstić information content (AvgIpc) is 2.28. The quantitative estimate of drug-likeness (QED) is 0.622. The van der Waals surface area contributed by atoms with Crippen LogP contribution in [0.5, 0.6) is 0 Å². The zero-order valence-corrected chi connectivity index (χ0v) is 10.00. The molecule has 4 nitrogen and oxygen atoms in total. The number of hydrogen-bond acceptors (Lipinski definition) is 4. The zero-order chi connectivity index (χ0) is 10.9. The van der Waals surface area contributed by atoms with Gasteiger partial charge in [-0.25, -0.2) is 0 Å². The summed E-state index contributed by atoms with van der Waals surface area (Å²) in [5, 5.41) is 3.52. The molecule has 0 unspecified atom stereocenters. The summed E-state index contributed by atoms with van der Waals surface area (Å²) in [5.41, 5.74) is 0. The van der Waals surface area contributed by atoms with E-state index in [1.165, 1.54) is 25.9 Å². The first-order valence-corrected chi connectivity index (χ1v) is 5.80. The summed E-state index contributed by atoms with van der Waals surface area (Å²) in [6.07, 6.45) is 2.49. The first-order valence-electron chi connectivity index (χ1n) is 5.80. The van der Waals surface area contributed by atoms with Crippen molar-refractivity contribution in [3.63, 3.8) is 0 Å². The van der Waals surface area contributed by atoms with E-state index in [-0.39, 0.29) is 0 Å². The maximum atomic E-state index is 5.08. The van der Waals surface area contributed by atoms with Gasteiger partial charge in [0.15, 0.2) is 0 Å². The number of hydrogen-bond donors (Lipinski definition) is 1. The van der Waals surface area contributed by atoms with Crippen molar-refractivity contribution in [1.82, 2.24) is 10.2 Å². The third kappa shape index (κ3) is 5.47. The Morgan fingerprint density at radius 3 is 2.40 bits per heavy atom. The minimum Gasteiger partial charge on any atom is -0.383 e. The molecule has 0 bridgehead atoms. The molecule has 1 fully saturated rings. The van der Waals surface area contributed by atoms with Crippen LogP contribution in [0.15, 0.2) is 0 Å². The molecule has 0 aromatic rings. The second-order valence-electron chi connectivity index (χ2n) is 4.06. The molecule has 1 aliphatic rings. The summed E-state index contributed by atoms with van der Waals surface area (Å²) in [6, 6.07) is 0.680.